The van der Waals surface area contributed by atoms with E-state index in [1.807, 2.05) is 27.7 Å². The van der Waals surface area contributed by atoms with Crippen LogP contribution in [-0.4, -0.2) is 54.3 Å². The molecule has 2 N–H and O–H groups in total. The molecule has 0 aliphatic carbocycles. The predicted octanol–water partition coefficient (Wildman–Crippen LogP) is 2.95. The normalized spacial score (nSPS) is 14.4. The molecule has 0 heterocycles. The van der Waals surface area contributed by atoms with Crippen LogP contribution in [-0.2, 0) is 28.6 Å². The predicted molar refractivity (Wildman–Crippen MR) is 116 cm³/mol. The van der Waals surface area contributed by atoms with E-state index in [4.69, 9.17) is 14.2 Å². The van der Waals surface area contributed by atoms with Gasteiger partial charge in [-0.25, -0.2) is 14.4 Å². The number of carbonyl (C=O) groups is 4. The van der Waals surface area contributed by atoms with Crippen molar-refractivity contribution in [1.82, 2.24) is 10.6 Å². The summed E-state index contributed by atoms with van der Waals surface area (Å²) in [6.45, 7) is 16.0. The molecule has 0 aromatic heterocycles. The van der Waals surface area contributed by atoms with Crippen molar-refractivity contribution >= 4 is 23.9 Å². The van der Waals surface area contributed by atoms with Gasteiger partial charge in [0.1, 0.15) is 17.7 Å². The van der Waals surface area contributed by atoms with Crippen LogP contribution < -0.4 is 10.6 Å². The lowest BCUT2D eigenvalue weighted by molar-refractivity contribution is -0.168. The van der Waals surface area contributed by atoms with E-state index in [1.165, 1.54) is 6.92 Å². The summed E-state index contributed by atoms with van der Waals surface area (Å²) in [5.74, 6) is -1.74. The molecular weight excluding hydrogens is 404 g/mol. The summed E-state index contributed by atoms with van der Waals surface area (Å²) in [4.78, 5) is 49.5. The topological polar surface area (TPSA) is 120 Å². The van der Waals surface area contributed by atoms with Gasteiger partial charge in [-0.2, -0.15) is 0 Å². The summed E-state index contributed by atoms with van der Waals surface area (Å²) in [6.07, 6.45) is -1.15. The second kappa shape index (κ2) is 13.2. The largest absolute Gasteiger partial charge is 0.463 e. The molecule has 0 saturated heterocycles. The number of amides is 2. The molecule has 31 heavy (non-hydrogen) atoms. The lowest BCUT2D eigenvalue weighted by atomic mass is 10.0. The summed E-state index contributed by atoms with van der Waals surface area (Å²) in [5.41, 5.74) is -0.712. The Labute approximate surface area is 185 Å². The van der Waals surface area contributed by atoms with Crippen LogP contribution in [0.1, 0.15) is 75.2 Å². The van der Waals surface area contributed by atoms with Crippen LogP contribution in [0.15, 0.2) is 0 Å². The summed E-state index contributed by atoms with van der Waals surface area (Å²) in [5, 5.41) is 5.24. The molecule has 3 atom stereocenters. The zero-order valence-electron chi connectivity index (χ0n) is 20.4. The van der Waals surface area contributed by atoms with Gasteiger partial charge in [-0.1, -0.05) is 27.7 Å². The number of hydrogen-bond acceptors (Lipinski definition) is 7. The molecule has 9 nitrogen and oxygen atoms in total. The standard InChI is InChI=1S/C22H40N2O7/c1-10-29-19(26)15(6)30-20(27)17(12-14(4)5)23-18(25)16(11-13(2)3)24-21(28)31-22(7,8)9/h13-17H,10-12H2,1-9H3,(H,23,25)(H,24,28)/t15-,16-,17-/m0/s1. The summed E-state index contributed by atoms with van der Waals surface area (Å²) >= 11 is 0. The van der Waals surface area contributed by atoms with E-state index >= 15 is 0 Å². The molecule has 0 aliphatic rings. The second-order valence-corrected chi connectivity index (χ2v) is 9.35. The highest BCUT2D eigenvalue weighted by Crippen LogP contribution is 2.12. The first-order valence-electron chi connectivity index (χ1n) is 10.8. The summed E-state index contributed by atoms with van der Waals surface area (Å²) < 4.78 is 15.3. The third-order valence-electron chi connectivity index (χ3n) is 3.93. The molecule has 0 spiro atoms. The Kier molecular flexibility index (Phi) is 12.2. The van der Waals surface area contributed by atoms with Crippen molar-refractivity contribution in [2.24, 2.45) is 11.8 Å². The highest BCUT2D eigenvalue weighted by Gasteiger charge is 2.31. The van der Waals surface area contributed by atoms with Gasteiger partial charge in [0.2, 0.25) is 5.91 Å². The van der Waals surface area contributed by atoms with Gasteiger partial charge >= 0.3 is 18.0 Å². The van der Waals surface area contributed by atoms with Gasteiger partial charge in [-0.05, 0) is 59.3 Å². The van der Waals surface area contributed by atoms with Gasteiger partial charge in [0.15, 0.2) is 6.10 Å². The number of ether oxygens (including phenoxy) is 3. The Hall–Kier alpha value is -2.32. The lowest BCUT2D eigenvalue weighted by Gasteiger charge is -2.26. The number of hydrogen-bond donors (Lipinski definition) is 2. The van der Waals surface area contributed by atoms with E-state index < -0.39 is 47.7 Å². The fourth-order valence-electron chi connectivity index (χ4n) is 2.67. The third-order valence-corrected chi connectivity index (χ3v) is 3.93. The molecule has 0 radical (unpaired) electrons. The Morgan fingerprint density at radius 3 is 1.77 bits per heavy atom. The van der Waals surface area contributed by atoms with Crippen molar-refractivity contribution in [3.63, 3.8) is 0 Å². The lowest BCUT2D eigenvalue weighted by Crippen LogP contribution is -2.53. The number of alkyl carbamates (subject to hydrolysis) is 1. The van der Waals surface area contributed by atoms with Crippen LogP contribution >= 0.6 is 0 Å². The molecule has 0 fully saturated rings. The van der Waals surface area contributed by atoms with Crippen molar-refractivity contribution in [2.45, 2.75) is 98.9 Å². The fourth-order valence-corrected chi connectivity index (χ4v) is 2.67. The van der Waals surface area contributed by atoms with Gasteiger partial charge in [-0.3, -0.25) is 4.79 Å². The average Bonchev–Trinajstić information content (AvgIpc) is 2.58. The number of nitrogens with one attached hydrogen (secondary N) is 2. The van der Waals surface area contributed by atoms with Crippen molar-refractivity contribution in [2.75, 3.05) is 6.61 Å². The molecule has 0 saturated carbocycles. The van der Waals surface area contributed by atoms with Crippen LogP contribution in [0.3, 0.4) is 0 Å². The molecule has 180 valence electrons. The summed E-state index contributed by atoms with van der Waals surface area (Å²) in [7, 11) is 0. The maximum Gasteiger partial charge on any atom is 0.408 e. The monoisotopic (exact) mass is 444 g/mol. The number of carbonyl (C=O) groups excluding carboxylic acids is 4. The minimum absolute atomic E-state index is 0.0677. The first-order chi connectivity index (χ1) is 14.2. The molecule has 0 aliphatic heterocycles. The minimum atomic E-state index is -1.09. The molecule has 0 aromatic carbocycles. The van der Waals surface area contributed by atoms with E-state index in [2.05, 4.69) is 10.6 Å². The fraction of sp³-hybridized carbons (Fsp3) is 0.818. The zero-order chi connectivity index (χ0) is 24.4. The zero-order valence-corrected chi connectivity index (χ0v) is 20.4. The third kappa shape index (κ3) is 12.9. The van der Waals surface area contributed by atoms with Gasteiger partial charge < -0.3 is 24.8 Å². The van der Waals surface area contributed by atoms with E-state index in [0.29, 0.717) is 12.8 Å². The first kappa shape index (κ1) is 28.7. The number of esters is 2. The van der Waals surface area contributed by atoms with Crippen LogP contribution in [0.2, 0.25) is 0 Å². The van der Waals surface area contributed by atoms with Crippen LogP contribution in [0.25, 0.3) is 0 Å². The summed E-state index contributed by atoms with van der Waals surface area (Å²) in [6, 6.07) is -1.86. The smallest absolute Gasteiger partial charge is 0.408 e. The van der Waals surface area contributed by atoms with Gasteiger partial charge in [0.05, 0.1) is 6.61 Å². The Morgan fingerprint density at radius 2 is 1.32 bits per heavy atom. The van der Waals surface area contributed by atoms with E-state index in [1.54, 1.807) is 27.7 Å². The quantitative estimate of drug-likeness (QED) is 0.371. The SMILES string of the molecule is CCOC(=O)[C@H](C)OC(=O)[C@H](CC(C)C)NC(=O)[C@H](CC(C)C)NC(=O)OC(C)(C)C. The van der Waals surface area contributed by atoms with E-state index in [-0.39, 0.29) is 18.4 Å². The van der Waals surface area contributed by atoms with Crippen LogP contribution in [0.5, 0.6) is 0 Å². The molecule has 9 heteroatoms. The minimum Gasteiger partial charge on any atom is -0.463 e. The van der Waals surface area contributed by atoms with Crippen LogP contribution in [0, 0.1) is 11.8 Å². The maximum atomic E-state index is 12.9. The average molecular weight is 445 g/mol. The Morgan fingerprint density at radius 1 is 0.806 bits per heavy atom. The molecular formula is C22H40N2O7. The van der Waals surface area contributed by atoms with E-state index in [0.717, 1.165) is 0 Å². The van der Waals surface area contributed by atoms with Gasteiger partial charge in [0.25, 0.3) is 0 Å². The van der Waals surface area contributed by atoms with Gasteiger partial charge in [0, 0.05) is 0 Å². The maximum absolute atomic E-state index is 12.9. The van der Waals surface area contributed by atoms with Gasteiger partial charge in [-0.15, -0.1) is 0 Å². The highest BCUT2D eigenvalue weighted by molar-refractivity contribution is 5.90. The second-order valence-electron chi connectivity index (χ2n) is 9.35. The van der Waals surface area contributed by atoms with Crippen molar-refractivity contribution < 1.29 is 33.4 Å². The number of rotatable bonds is 11. The van der Waals surface area contributed by atoms with Crippen molar-refractivity contribution in [3.8, 4) is 0 Å². The highest BCUT2D eigenvalue weighted by atomic mass is 16.6. The molecule has 0 aromatic rings. The van der Waals surface area contributed by atoms with Crippen molar-refractivity contribution in [3.05, 3.63) is 0 Å². The molecule has 2 amide bonds. The first-order valence-corrected chi connectivity index (χ1v) is 10.8. The Bertz CT molecular complexity index is 611. The molecule has 0 rings (SSSR count). The molecule has 0 bridgehead atoms. The van der Waals surface area contributed by atoms with Crippen molar-refractivity contribution in [1.29, 1.82) is 0 Å². The Balaban J connectivity index is 5.33. The van der Waals surface area contributed by atoms with Crippen LogP contribution in [0.4, 0.5) is 4.79 Å². The molecule has 0 unspecified atom stereocenters. The van der Waals surface area contributed by atoms with E-state index in [9.17, 15) is 19.2 Å².